The lowest BCUT2D eigenvalue weighted by atomic mass is 10.3. The Morgan fingerprint density at radius 1 is 1.37 bits per heavy atom. The lowest BCUT2D eigenvalue weighted by molar-refractivity contribution is -0.390. The monoisotopic (exact) mass is 479 g/mol. The summed E-state index contributed by atoms with van der Waals surface area (Å²) in [6.07, 6.45) is 2.85. The summed E-state index contributed by atoms with van der Waals surface area (Å²) in [7, 11) is 3.22. The standard InChI is InChI=1S/C17H18BrN7O5/c1-4-24-14(17(27)22(2)3)12(7-19-24)20-16(26)13-6-5-10(30-13)8-23-9-11(18)15(21-23)25(28)29/h5-7,9H,4,8H2,1-3H3,(H,20,26). The Morgan fingerprint density at radius 2 is 2.10 bits per heavy atom. The summed E-state index contributed by atoms with van der Waals surface area (Å²) in [5.74, 6) is -0.782. The topological polar surface area (TPSA) is 141 Å². The fourth-order valence-corrected chi connectivity index (χ4v) is 3.13. The number of rotatable bonds is 7. The molecular formula is C17H18BrN7O5. The third kappa shape index (κ3) is 4.25. The van der Waals surface area contributed by atoms with Crippen molar-refractivity contribution in [3.63, 3.8) is 0 Å². The van der Waals surface area contributed by atoms with Crippen LogP contribution >= 0.6 is 15.9 Å². The molecule has 0 spiro atoms. The third-order valence-corrected chi connectivity index (χ3v) is 4.63. The summed E-state index contributed by atoms with van der Waals surface area (Å²) < 4.78 is 8.59. The van der Waals surface area contributed by atoms with Gasteiger partial charge in [0.2, 0.25) is 0 Å². The van der Waals surface area contributed by atoms with Crippen molar-refractivity contribution < 1.29 is 18.9 Å². The molecule has 3 heterocycles. The number of aryl methyl sites for hydroxylation is 1. The molecule has 0 fully saturated rings. The van der Waals surface area contributed by atoms with Gasteiger partial charge in [0.05, 0.1) is 23.2 Å². The highest BCUT2D eigenvalue weighted by Gasteiger charge is 2.23. The predicted octanol–water partition coefficient (Wildman–Crippen LogP) is 2.37. The quantitative estimate of drug-likeness (QED) is 0.404. The van der Waals surface area contributed by atoms with Crippen molar-refractivity contribution in [2.45, 2.75) is 20.0 Å². The largest absolute Gasteiger partial charge is 0.454 e. The number of amides is 2. The maximum Gasteiger partial charge on any atom is 0.404 e. The molecule has 0 aliphatic heterocycles. The van der Waals surface area contributed by atoms with E-state index in [1.54, 1.807) is 20.2 Å². The number of aromatic nitrogens is 4. The average molecular weight is 480 g/mol. The highest BCUT2D eigenvalue weighted by molar-refractivity contribution is 9.10. The van der Waals surface area contributed by atoms with Crippen LogP contribution in [0.4, 0.5) is 11.5 Å². The molecule has 12 nitrogen and oxygen atoms in total. The van der Waals surface area contributed by atoms with Gasteiger partial charge in [-0.25, -0.2) is 0 Å². The lowest BCUT2D eigenvalue weighted by Crippen LogP contribution is -2.26. The molecule has 0 unspecified atom stereocenters. The number of hydrogen-bond donors (Lipinski definition) is 1. The van der Waals surface area contributed by atoms with Crippen molar-refractivity contribution in [2.75, 3.05) is 19.4 Å². The van der Waals surface area contributed by atoms with Gasteiger partial charge in [-0.3, -0.25) is 14.3 Å². The molecule has 1 N–H and O–H groups in total. The van der Waals surface area contributed by atoms with Gasteiger partial charge >= 0.3 is 5.82 Å². The molecule has 158 valence electrons. The van der Waals surface area contributed by atoms with Crippen LogP contribution in [0.25, 0.3) is 0 Å². The Labute approximate surface area is 178 Å². The van der Waals surface area contributed by atoms with Gasteiger partial charge < -0.3 is 24.7 Å². The van der Waals surface area contributed by atoms with Crippen molar-refractivity contribution in [1.82, 2.24) is 24.5 Å². The van der Waals surface area contributed by atoms with E-state index >= 15 is 0 Å². The predicted molar refractivity (Wildman–Crippen MR) is 108 cm³/mol. The van der Waals surface area contributed by atoms with Crippen molar-refractivity contribution in [1.29, 1.82) is 0 Å². The Hall–Kier alpha value is -3.48. The van der Waals surface area contributed by atoms with Gasteiger partial charge in [0, 0.05) is 20.6 Å². The fraction of sp³-hybridized carbons (Fsp3) is 0.294. The van der Waals surface area contributed by atoms with Crippen molar-refractivity contribution in [3.8, 4) is 0 Å². The second-order valence-electron chi connectivity index (χ2n) is 6.40. The number of nitrogens with one attached hydrogen (secondary N) is 1. The van der Waals surface area contributed by atoms with Crippen molar-refractivity contribution >= 4 is 39.2 Å². The van der Waals surface area contributed by atoms with Crippen LogP contribution in [0.5, 0.6) is 0 Å². The summed E-state index contributed by atoms with van der Waals surface area (Å²) >= 11 is 3.07. The molecule has 3 aromatic rings. The van der Waals surface area contributed by atoms with E-state index in [-0.39, 0.29) is 39.9 Å². The molecule has 13 heteroatoms. The van der Waals surface area contributed by atoms with Crippen LogP contribution in [0.3, 0.4) is 0 Å². The summed E-state index contributed by atoms with van der Waals surface area (Å²) in [4.78, 5) is 36.7. The van der Waals surface area contributed by atoms with Gasteiger partial charge in [-0.05, 0) is 39.9 Å². The highest BCUT2D eigenvalue weighted by Crippen LogP contribution is 2.23. The first-order valence-corrected chi connectivity index (χ1v) is 9.55. The molecule has 0 atom stereocenters. The summed E-state index contributed by atoms with van der Waals surface area (Å²) in [6, 6.07) is 3.03. The molecule has 0 bridgehead atoms. The molecule has 30 heavy (non-hydrogen) atoms. The third-order valence-electron chi connectivity index (χ3n) is 4.07. The molecule has 3 aromatic heterocycles. The number of nitrogens with zero attached hydrogens (tertiary/aromatic N) is 6. The summed E-state index contributed by atoms with van der Waals surface area (Å²) in [5.41, 5.74) is 0.529. The molecule has 0 radical (unpaired) electrons. The molecule has 0 saturated carbocycles. The van der Waals surface area contributed by atoms with E-state index in [1.165, 1.54) is 32.7 Å². The first kappa shape index (κ1) is 21.2. The minimum Gasteiger partial charge on any atom is -0.454 e. The number of carbonyl (C=O) groups excluding carboxylic acids is 2. The molecular weight excluding hydrogens is 462 g/mol. The molecule has 0 aromatic carbocycles. The van der Waals surface area contributed by atoms with Gasteiger partial charge in [0.25, 0.3) is 11.8 Å². The number of furan rings is 1. The molecule has 3 rings (SSSR count). The van der Waals surface area contributed by atoms with E-state index in [4.69, 9.17) is 4.42 Å². The first-order chi connectivity index (χ1) is 14.2. The second kappa shape index (κ2) is 8.49. The Balaban J connectivity index is 1.76. The van der Waals surface area contributed by atoms with Crippen LogP contribution in [-0.4, -0.2) is 55.3 Å². The van der Waals surface area contributed by atoms with Crippen molar-refractivity contribution in [2.24, 2.45) is 0 Å². The normalized spacial score (nSPS) is 10.8. The molecule has 0 aliphatic carbocycles. The molecule has 0 aliphatic rings. The van der Waals surface area contributed by atoms with E-state index < -0.39 is 10.8 Å². The molecule has 2 amide bonds. The number of nitro groups is 1. The fourth-order valence-electron chi connectivity index (χ4n) is 2.67. The van der Waals surface area contributed by atoms with Crippen LogP contribution < -0.4 is 5.32 Å². The zero-order valence-corrected chi connectivity index (χ0v) is 17.9. The number of hydrogen-bond acceptors (Lipinski definition) is 7. The second-order valence-corrected chi connectivity index (χ2v) is 7.25. The van der Waals surface area contributed by atoms with E-state index in [0.29, 0.717) is 12.3 Å². The SMILES string of the molecule is CCn1ncc(NC(=O)c2ccc(Cn3cc(Br)c([N+](=O)[O-])n3)o2)c1C(=O)N(C)C. The van der Waals surface area contributed by atoms with Crippen molar-refractivity contribution in [3.05, 3.63) is 56.3 Å². The minimum atomic E-state index is -0.606. The lowest BCUT2D eigenvalue weighted by Gasteiger charge is -2.13. The van der Waals surface area contributed by atoms with Crippen LogP contribution in [0.15, 0.2) is 33.4 Å². The maximum absolute atomic E-state index is 12.6. The highest BCUT2D eigenvalue weighted by atomic mass is 79.9. The zero-order valence-electron chi connectivity index (χ0n) is 16.3. The summed E-state index contributed by atoms with van der Waals surface area (Å²) in [6.45, 7) is 2.39. The van der Waals surface area contributed by atoms with Gasteiger partial charge in [-0.2, -0.15) is 9.78 Å². The average Bonchev–Trinajstić information content (AvgIpc) is 3.39. The van der Waals surface area contributed by atoms with Crippen LogP contribution in [0, 0.1) is 10.1 Å². The Bertz CT molecular complexity index is 1110. The van der Waals surface area contributed by atoms with E-state index in [9.17, 15) is 19.7 Å². The van der Waals surface area contributed by atoms with Gasteiger partial charge in [-0.1, -0.05) is 0 Å². The van der Waals surface area contributed by atoms with Crippen LogP contribution in [0.1, 0.15) is 33.7 Å². The van der Waals surface area contributed by atoms with E-state index in [1.807, 2.05) is 6.92 Å². The number of halogens is 1. The van der Waals surface area contributed by atoms with E-state index in [2.05, 4.69) is 31.4 Å². The van der Waals surface area contributed by atoms with Gasteiger partial charge in [0.1, 0.15) is 22.5 Å². The number of carbonyl (C=O) groups is 2. The smallest absolute Gasteiger partial charge is 0.404 e. The van der Waals surface area contributed by atoms with E-state index in [0.717, 1.165) is 0 Å². The Kier molecular flexibility index (Phi) is 6.01. The van der Waals surface area contributed by atoms with Gasteiger partial charge in [-0.15, -0.1) is 0 Å². The number of anilines is 1. The van der Waals surface area contributed by atoms with Gasteiger partial charge in [0.15, 0.2) is 5.76 Å². The minimum absolute atomic E-state index is 0.0122. The maximum atomic E-state index is 12.6. The summed E-state index contributed by atoms with van der Waals surface area (Å²) in [5, 5.41) is 21.5. The zero-order chi connectivity index (χ0) is 22.0. The Morgan fingerprint density at radius 3 is 2.70 bits per heavy atom. The molecule has 0 saturated heterocycles. The van der Waals surface area contributed by atoms with Crippen LogP contribution in [-0.2, 0) is 13.1 Å². The first-order valence-electron chi connectivity index (χ1n) is 8.76. The van der Waals surface area contributed by atoms with Crippen LogP contribution in [0.2, 0.25) is 0 Å².